The van der Waals surface area contributed by atoms with Crippen molar-refractivity contribution in [1.82, 2.24) is 4.98 Å². The van der Waals surface area contributed by atoms with E-state index >= 15 is 0 Å². The van der Waals surface area contributed by atoms with Gasteiger partial charge in [0.1, 0.15) is 11.5 Å². The van der Waals surface area contributed by atoms with Gasteiger partial charge in [-0.2, -0.15) is 0 Å². The number of ether oxygens (including phenoxy) is 1. The Balaban J connectivity index is 2.13. The van der Waals surface area contributed by atoms with Gasteiger partial charge in [0.05, 0.1) is 12.1 Å². The van der Waals surface area contributed by atoms with Gasteiger partial charge in [-0.25, -0.2) is 0 Å². The summed E-state index contributed by atoms with van der Waals surface area (Å²) in [6, 6.07) is 3.69. The van der Waals surface area contributed by atoms with Crippen LogP contribution in [0.3, 0.4) is 0 Å². The first-order valence-corrected chi connectivity index (χ1v) is 4.81. The fourth-order valence-corrected chi connectivity index (χ4v) is 1.41. The number of terminal acetylenes is 1. The number of aromatic nitrogens is 1. The molecule has 1 unspecified atom stereocenters. The van der Waals surface area contributed by atoms with E-state index in [9.17, 15) is 0 Å². The van der Waals surface area contributed by atoms with Gasteiger partial charge in [-0.3, -0.25) is 4.98 Å². The van der Waals surface area contributed by atoms with Crippen LogP contribution in [-0.4, -0.2) is 4.98 Å². The Labute approximate surface area is 89.3 Å². The molecule has 2 nitrogen and oxygen atoms in total. The van der Waals surface area contributed by atoms with Gasteiger partial charge in [0, 0.05) is 6.20 Å². The monoisotopic (exact) mass is 197 g/mol. The second kappa shape index (κ2) is 4.47. The highest BCUT2D eigenvalue weighted by atomic mass is 16.5. The van der Waals surface area contributed by atoms with Gasteiger partial charge in [-0.15, -0.1) is 6.42 Å². The minimum absolute atomic E-state index is 0.0565. The fourth-order valence-electron chi connectivity index (χ4n) is 1.41. The highest BCUT2D eigenvalue weighted by Crippen LogP contribution is 2.22. The highest BCUT2D eigenvalue weighted by Gasteiger charge is 2.12. The zero-order valence-corrected chi connectivity index (χ0v) is 8.26. The molecule has 0 saturated heterocycles. The van der Waals surface area contributed by atoms with Crippen molar-refractivity contribution in [2.75, 3.05) is 0 Å². The molecule has 1 aliphatic carbocycles. The minimum Gasteiger partial charge on any atom is -0.459 e. The standard InChI is InChI=1S/C13H11NO/c1-2-11-6-3-4-8-13(11)15-12-7-5-9-14-10-12/h1,3,5-11H,4H2. The number of hydrogen-bond acceptors (Lipinski definition) is 2. The number of hydrogen-bond donors (Lipinski definition) is 0. The molecule has 2 heteroatoms. The summed E-state index contributed by atoms with van der Waals surface area (Å²) < 4.78 is 5.66. The maximum atomic E-state index is 5.66. The van der Waals surface area contributed by atoms with Gasteiger partial charge in [-0.05, 0) is 24.6 Å². The van der Waals surface area contributed by atoms with E-state index in [1.54, 1.807) is 12.4 Å². The topological polar surface area (TPSA) is 22.1 Å². The van der Waals surface area contributed by atoms with Gasteiger partial charge in [0.25, 0.3) is 0 Å². The number of nitrogens with zero attached hydrogens (tertiary/aromatic N) is 1. The lowest BCUT2D eigenvalue weighted by Gasteiger charge is -2.15. The quantitative estimate of drug-likeness (QED) is 0.537. The Bertz CT molecular complexity index is 426. The predicted octanol–water partition coefficient (Wildman–Crippen LogP) is 2.55. The molecular weight excluding hydrogens is 186 g/mol. The van der Waals surface area contributed by atoms with Crippen LogP contribution in [0.5, 0.6) is 5.75 Å². The van der Waals surface area contributed by atoms with E-state index in [2.05, 4.69) is 10.9 Å². The van der Waals surface area contributed by atoms with Crippen LogP contribution in [0.2, 0.25) is 0 Å². The van der Waals surface area contributed by atoms with Crippen molar-refractivity contribution in [1.29, 1.82) is 0 Å². The van der Waals surface area contributed by atoms with Crippen LogP contribution in [0.25, 0.3) is 0 Å². The maximum absolute atomic E-state index is 5.66. The van der Waals surface area contributed by atoms with E-state index < -0.39 is 0 Å². The molecule has 0 spiro atoms. The molecule has 1 aliphatic rings. The number of rotatable bonds is 2. The lowest BCUT2D eigenvalue weighted by atomic mass is 10.0. The summed E-state index contributed by atoms with van der Waals surface area (Å²) in [4.78, 5) is 3.98. The van der Waals surface area contributed by atoms with Gasteiger partial charge >= 0.3 is 0 Å². The molecule has 0 aliphatic heterocycles. The average molecular weight is 197 g/mol. The molecular formula is C13H11NO. The molecule has 0 radical (unpaired) electrons. The molecule has 0 aromatic carbocycles. The Hall–Kier alpha value is -2.01. The summed E-state index contributed by atoms with van der Waals surface area (Å²) in [5.41, 5.74) is 0. The molecule has 15 heavy (non-hydrogen) atoms. The van der Waals surface area contributed by atoms with Crippen LogP contribution in [-0.2, 0) is 0 Å². The fraction of sp³-hybridized carbons (Fsp3) is 0.154. The SMILES string of the molecule is C#CC1C=CCC=C1Oc1cccnc1. The first-order chi connectivity index (χ1) is 7.40. The summed E-state index contributed by atoms with van der Waals surface area (Å²) in [7, 11) is 0. The minimum atomic E-state index is -0.0565. The van der Waals surface area contributed by atoms with Crippen molar-refractivity contribution < 1.29 is 4.74 Å². The first-order valence-electron chi connectivity index (χ1n) is 4.81. The third-order valence-electron chi connectivity index (χ3n) is 2.14. The lowest BCUT2D eigenvalue weighted by Crippen LogP contribution is -2.08. The number of allylic oxidation sites excluding steroid dienone is 3. The Morgan fingerprint density at radius 2 is 2.47 bits per heavy atom. The van der Waals surface area contributed by atoms with Crippen molar-refractivity contribution in [2.24, 2.45) is 5.92 Å². The molecule has 74 valence electrons. The van der Waals surface area contributed by atoms with Crippen LogP contribution in [0.4, 0.5) is 0 Å². The van der Waals surface area contributed by atoms with Crippen molar-refractivity contribution >= 4 is 0 Å². The summed E-state index contributed by atoms with van der Waals surface area (Å²) in [5.74, 6) is 4.15. The highest BCUT2D eigenvalue weighted by molar-refractivity contribution is 5.28. The van der Waals surface area contributed by atoms with Crippen LogP contribution in [0, 0.1) is 18.3 Å². The van der Waals surface area contributed by atoms with Crippen molar-refractivity contribution in [3.05, 3.63) is 48.5 Å². The smallest absolute Gasteiger partial charge is 0.145 e. The molecule has 0 N–H and O–H groups in total. The van der Waals surface area contributed by atoms with Gasteiger partial charge in [-0.1, -0.05) is 18.1 Å². The molecule has 1 aromatic rings. The molecule has 1 aromatic heterocycles. The molecule has 1 atom stereocenters. The van der Waals surface area contributed by atoms with Crippen LogP contribution >= 0.6 is 0 Å². The van der Waals surface area contributed by atoms with Crippen LogP contribution < -0.4 is 4.74 Å². The molecule has 2 rings (SSSR count). The molecule has 0 bridgehead atoms. The summed E-state index contributed by atoms with van der Waals surface area (Å²) in [6.45, 7) is 0. The van der Waals surface area contributed by atoms with Gasteiger partial charge in [0.15, 0.2) is 0 Å². The Morgan fingerprint density at radius 1 is 1.53 bits per heavy atom. The van der Waals surface area contributed by atoms with Crippen molar-refractivity contribution in [2.45, 2.75) is 6.42 Å². The normalized spacial score (nSPS) is 19.1. The third-order valence-corrected chi connectivity index (χ3v) is 2.14. The second-order valence-corrected chi connectivity index (χ2v) is 3.21. The Morgan fingerprint density at radius 3 is 3.20 bits per heavy atom. The van der Waals surface area contributed by atoms with E-state index in [1.165, 1.54) is 0 Å². The molecule has 1 heterocycles. The van der Waals surface area contributed by atoms with E-state index in [1.807, 2.05) is 30.4 Å². The maximum Gasteiger partial charge on any atom is 0.145 e. The Kier molecular flexibility index (Phi) is 2.85. The van der Waals surface area contributed by atoms with Crippen LogP contribution in [0.1, 0.15) is 6.42 Å². The number of pyridine rings is 1. The predicted molar refractivity (Wildman–Crippen MR) is 59.0 cm³/mol. The molecule has 0 amide bonds. The molecule has 0 saturated carbocycles. The summed E-state index contributed by atoms with van der Waals surface area (Å²) in [5, 5.41) is 0. The largest absolute Gasteiger partial charge is 0.459 e. The van der Waals surface area contributed by atoms with Crippen LogP contribution in [0.15, 0.2) is 48.5 Å². The molecule has 0 fully saturated rings. The van der Waals surface area contributed by atoms with Crippen molar-refractivity contribution in [3.8, 4) is 18.1 Å². The van der Waals surface area contributed by atoms with E-state index in [4.69, 9.17) is 11.2 Å². The van der Waals surface area contributed by atoms with E-state index in [-0.39, 0.29) is 5.92 Å². The lowest BCUT2D eigenvalue weighted by molar-refractivity contribution is 0.390. The summed E-state index contributed by atoms with van der Waals surface area (Å²) in [6.07, 6.45) is 15.7. The third kappa shape index (κ3) is 2.26. The second-order valence-electron chi connectivity index (χ2n) is 3.21. The first kappa shape index (κ1) is 9.54. The zero-order chi connectivity index (χ0) is 10.5. The van der Waals surface area contributed by atoms with E-state index in [0.29, 0.717) is 0 Å². The summed E-state index contributed by atoms with van der Waals surface area (Å²) >= 11 is 0. The van der Waals surface area contributed by atoms with E-state index in [0.717, 1.165) is 17.9 Å². The van der Waals surface area contributed by atoms with Gasteiger partial charge in [0.2, 0.25) is 0 Å². The average Bonchev–Trinajstić information content (AvgIpc) is 2.31. The van der Waals surface area contributed by atoms with Gasteiger partial charge < -0.3 is 4.74 Å². The van der Waals surface area contributed by atoms with Crippen molar-refractivity contribution in [3.63, 3.8) is 0 Å². The zero-order valence-electron chi connectivity index (χ0n) is 8.26.